The second-order valence-electron chi connectivity index (χ2n) is 4.29. The number of benzene rings is 1. The fourth-order valence-corrected chi connectivity index (χ4v) is 2.52. The van der Waals surface area contributed by atoms with Gasteiger partial charge in [0, 0.05) is 24.9 Å². The minimum absolute atomic E-state index is 0.200. The Morgan fingerprint density at radius 1 is 1.32 bits per heavy atom. The van der Waals surface area contributed by atoms with Gasteiger partial charge in [0.15, 0.2) is 0 Å². The smallest absolute Gasteiger partial charge is 0.267 e. The molecule has 1 aromatic heterocycles. The number of nitrogens with one attached hydrogen (secondary N) is 1. The molecular formula is C13H11F2N3O3S. The van der Waals surface area contributed by atoms with Crippen molar-refractivity contribution in [1.29, 1.82) is 0 Å². The third kappa shape index (κ3) is 3.55. The van der Waals surface area contributed by atoms with E-state index in [0.717, 1.165) is 30.5 Å². The first kappa shape index (κ1) is 15.8. The van der Waals surface area contributed by atoms with Gasteiger partial charge < -0.3 is 0 Å². The summed E-state index contributed by atoms with van der Waals surface area (Å²) >= 11 is 0. The van der Waals surface area contributed by atoms with E-state index in [1.54, 1.807) is 4.72 Å². The van der Waals surface area contributed by atoms with Gasteiger partial charge in [0.05, 0.1) is 6.20 Å². The summed E-state index contributed by atoms with van der Waals surface area (Å²) in [6, 6.07) is 3.22. The van der Waals surface area contributed by atoms with Crippen LogP contribution in [0.3, 0.4) is 0 Å². The lowest BCUT2D eigenvalue weighted by molar-refractivity contribution is -0.114. The molecule has 116 valence electrons. The lowest BCUT2D eigenvalue weighted by atomic mass is 10.2. The van der Waals surface area contributed by atoms with Crippen LogP contribution in [0, 0.1) is 11.6 Å². The Kier molecular flexibility index (Phi) is 4.36. The SMILES string of the molecule is Cn1cc(S(=O)(=O)NC(=O)/C=C\c2c(F)cccc2F)cn1. The average Bonchev–Trinajstić information content (AvgIpc) is 2.85. The molecule has 1 N–H and O–H groups in total. The van der Waals surface area contributed by atoms with Crippen LogP contribution in [0.15, 0.2) is 41.6 Å². The summed E-state index contributed by atoms with van der Waals surface area (Å²) in [5.74, 6) is -2.76. The van der Waals surface area contributed by atoms with E-state index in [-0.39, 0.29) is 4.90 Å². The van der Waals surface area contributed by atoms with Gasteiger partial charge in [-0.2, -0.15) is 5.10 Å². The van der Waals surface area contributed by atoms with Crippen LogP contribution in [-0.4, -0.2) is 24.1 Å². The predicted octanol–water partition coefficient (Wildman–Crippen LogP) is 1.22. The number of rotatable bonds is 4. The molecule has 0 aliphatic carbocycles. The molecular weight excluding hydrogens is 316 g/mol. The Balaban J connectivity index is 2.15. The first-order valence-corrected chi connectivity index (χ1v) is 7.45. The molecule has 1 aromatic carbocycles. The number of sulfonamides is 1. The summed E-state index contributed by atoms with van der Waals surface area (Å²) in [6.07, 6.45) is 3.86. The zero-order chi connectivity index (χ0) is 16.3. The molecule has 2 rings (SSSR count). The maximum Gasteiger partial charge on any atom is 0.267 e. The summed E-state index contributed by atoms with van der Waals surface area (Å²) in [4.78, 5) is 11.4. The van der Waals surface area contributed by atoms with Crippen molar-refractivity contribution >= 4 is 22.0 Å². The van der Waals surface area contributed by atoms with E-state index in [2.05, 4.69) is 5.10 Å². The van der Waals surface area contributed by atoms with Gasteiger partial charge in [-0.15, -0.1) is 0 Å². The number of aromatic nitrogens is 2. The van der Waals surface area contributed by atoms with Crippen molar-refractivity contribution < 1.29 is 22.0 Å². The third-order valence-electron chi connectivity index (χ3n) is 2.63. The van der Waals surface area contributed by atoms with E-state index in [1.807, 2.05) is 0 Å². The Hall–Kier alpha value is -2.55. The predicted molar refractivity (Wildman–Crippen MR) is 73.9 cm³/mol. The molecule has 0 bridgehead atoms. The van der Waals surface area contributed by atoms with E-state index >= 15 is 0 Å². The molecule has 0 saturated carbocycles. The molecule has 2 aromatic rings. The zero-order valence-electron chi connectivity index (χ0n) is 11.3. The highest BCUT2D eigenvalue weighted by Crippen LogP contribution is 2.13. The first-order chi connectivity index (χ1) is 10.3. The summed E-state index contributed by atoms with van der Waals surface area (Å²) in [5, 5.41) is 3.68. The standard InChI is InChI=1S/C13H11F2N3O3S/c1-18-8-9(7-16-18)22(20,21)17-13(19)6-5-10-11(14)3-2-4-12(10)15/h2-8H,1H3,(H,17,19)/b6-5-. The monoisotopic (exact) mass is 327 g/mol. The van der Waals surface area contributed by atoms with Crippen LogP contribution in [-0.2, 0) is 21.9 Å². The molecule has 9 heteroatoms. The summed E-state index contributed by atoms with van der Waals surface area (Å²) in [7, 11) is -2.57. The van der Waals surface area contributed by atoms with Crippen LogP contribution in [0.1, 0.15) is 5.56 Å². The Bertz CT molecular complexity index is 824. The number of hydrogen-bond acceptors (Lipinski definition) is 4. The van der Waals surface area contributed by atoms with Crippen LogP contribution >= 0.6 is 0 Å². The minimum atomic E-state index is -4.08. The van der Waals surface area contributed by atoms with Crippen LogP contribution < -0.4 is 4.72 Å². The zero-order valence-corrected chi connectivity index (χ0v) is 12.1. The number of nitrogens with zero attached hydrogens (tertiary/aromatic N) is 2. The second kappa shape index (κ2) is 6.06. The van der Waals surface area contributed by atoms with Gasteiger partial charge in [-0.25, -0.2) is 21.9 Å². The lowest BCUT2D eigenvalue weighted by Crippen LogP contribution is -2.28. The Morgan fingerprint density at radius 3 is 2.50 bits per heavy atom. The average molecular weight is 327 g/mol. The van der Waals surface area contributed by atoms with E-state index in [1.165, 1.54) is 24.0 Å². The molecule has 0 saturated heterocycles. The van der Waals surface area contributed by atoms with Crippen molar-refractivity contribution in [1.82, 2.24) is 14.5 Å². The highest BCUT2D eigenvalue weighted by Gasteiger charge is 2.18. The van der Waals surface area contributed by atoms with Gasteiger partial charge in [0.2, 0.25) is 0 Å². The van der Waals surface area contributed by atoms with Crippen molar-refractivity contribution in [2.24, 2.45) is 7.05 Å². The molecule has 0 spiro atoms. The van der Waals surface area contributed by atoms with Crippen LogP contribution in [0.25, 0.3) is 6.08 Å². The highest BCUT2D eigenvalue weighted by atomic mass is 32.2. The fourth-order valence-electron chi connectivity index (χ4n) is 1.59. The van der Waals surface area contributed by atoms with Crippen molar-refractivity contribution in [3.8, 4) is 0 Å². The van der Waals surface area contributed by atoms with E-state index in [4.69, 9.17) is 0 Å². The molecule has 22 heavy (non-hydrogen) atoms. The lowest BCUT2D eigenvalue weighted by Gasteiger charge is -2.02. The van der Waals surface area contributed by atoms with E-state index in [9.17, 15) is 22.0 Å². The summed E-state index contributed by atoms with van der Waals surface area (Å²) in [6.45, 7) is 0. The minimum Gasteiger partial charge on any atom is -0.274 e. The molecule has 0 radical (unpaired) electrons. The molecule has 0 aliphatic rings. The molecule has 0 aliphatic heterocycles. The van der Waals surface area contributed by atoms with Crippen molar-refractivity contribution in [3.05, 3.63) is 53.9 Å². The molecule has 0 atom stereocenters. The molecule has 0 fully saturated rings. The normalized spacial score (nSPS) is 11.8. The van der Waals surface area contributed by atoms with Crippen LogP contribution in [0.5, 0.6) is 0 Å². The number of carbonyl (C=O) groups excluding carboxylic acids is 1. The van der Waals surface area contributed by atoms with Crippen molar-refractivity contribution in [2.45, 2.75) is 4.90 Å². The van der Waals surface area contributed by atoms with E-state index in [0.29, 0.717) is 0 Å². The van der Waals surface area contributed by atoms with Gasteiger partial charge in [-0.3, -0.25) is 9.48 Å². The topological polar surface area (TPSA) is 81.1 Å². The van der Waals surface area contributed by atoms with Gasteiger partial charge in [0.1, 0.15) is 16.5 Å². The summed E-state index contributed by atoms with van der Waals surface area (Å²) in [5.41, 5.74) is -0.434. The van der Waals surface area contributed by atoms with E-state index < -0.39 is 33.1 Å². The number of carbonyl (C=O) groups is 1. The maximum atomic E-state index is 13.4. The Morgan fingerprint density at radius 2 is 1.95 bits per heavy atom. The first-order valence-electron chi connectivity index (χ1n) is 5.97. The van der Waals surface area contributed by atoms with Crippen LogP contribution in [0.4, 0.5) is 8.78 Å². The molecule has 1 heterocycles. The number of amides is 1. The van der Waals surface area contributed by atoms with Gasteiger partial charge in [-0.05, 0) is 18.2 Å². The molecule has 1 amide bonds. The number of halogens is 2. The fraction of sp³-hybridized carbons (Fsp3) is 0.0769. The largest absolute Gasteiger partial charge is 0.274 e. The quantitative estimate of drug-likeness (QED) is 0.856. The van der Waals surface area contributed by atoms with Crippen LogP contribution in [0.2, 0.25) is 0 Å². The third-order valence-corrected chi connectivity index (χ3v) is 3.93. The Labute approximate surface area is 125 Å². The second-order valence-corrected chi connectivity index (χ2v) is 5.97. The maximum absolute atomic E-state index is 13.4. The highest BCUT2D eigenvalue weighted by molar-refractivity contribution is 7.90. The van der Waals surface area contributed by atoms with Crippen molar-refractivity contribution in [3.63, 3.8) is 0 Å². The number of aryl methyl sites for hydroxylation is 1. The van der Waals surface area contributed by atoms with Gasteiger partial charge in [-0.1, -0.05) is 6.07 Å². The van der Waals surface area contributed by atoms with Gasteiger partial charge >= 0.3 is 0 Å². The van der Waals surface area contributed by atoms with Crippen molar-refractivity contribution in [2.75, 3.05) is 0 Å². The number of hydrogen-bond donors (Lipinski definition) is 1. The molecule has 6 nitrogen and oxygen atoms in total. The molecule has 0 unspecified atom stereocenters. The summed E-state index contributed by atoms with van der Waals surface area (Å²) < 4.78 is 53.4. The van der Waals surface area contributed by atoms with Gasteiger partial charge in [0.25, 0.3) is 15.9 Å².